The Labute approximate surface area is 138 Å². The van der Waals surface area contributed by atoms with Gasteiger partial charge in [-0.3, -0.25) is 0 Å². The fraction of sp³-hybridized carbons (Fsp3) is 0.316. The minimum atomic E-state index is -0.0871. The standard InChI is InChI=1S/C19H23NOS/c1-3-20(4-2)18(22)15-21-19(16-11-7-5-8-12-16)17-13-9-6-10-14-17/h5-14,19H,3-4,15H2,1-2H3. The Morgan fingerprint density at radius 2 is 1.36 bits per heavy atom. The summed E-state index contributed by atoms with van der Waals surface area (Å²) in [5, 5.41) is 0. The molecule has 0 N–H and O–H groups in total. The summed E-state index contributed by atoms with van der Waals surface area (Å²) in [5.41, 5.74) is 2.30. The van der Waals surface area contributed by atoms with E-state index in [1.807, 2.05) is 36.4 Å². The Balaban J connectivity index is 2.15. The van der Waals surface area contributed by atoms with Crippen LogP contribution >= 0.6 is 12.2 Å². The Kier molecular flexibility index (Phi) is 6.56. The van der Waals surface area contributed by atoms with Gasteiger partial charge in [-0.1, -0.05) is 72.9 Å². The van der Waals surface area contributed by atoms with Crippen LogP contribution in [0.5, 0.6) is 0 Å². The second-order valence-corrected chi connectivity index (χ2v) is 5.55. The Hall–Kier alpha value is -1.71. The van der Waals surface area contributed by atoms with Gasteiger partial charge in [0.25, 0.3) is 0 Å². The van der Waals surface area contributed by atoms with Crippen molar-refractivity contribution < 1.29 is 4.74 Å². The molecule has 2 aromatic rings. The Morgan fingerprint density at radius 3 is 1.77 bits per heavy atom. The van der Waals surface area contributed by atoms with Crippen molar-refractivity contribution in [1.82, 2.24) is 4.90 Å². The molecule has 2 nitrogen and oxygen atoms in total. The topological polar surface area (TPSA) is 12.5 Å². The molecule has 0 aliphatic heterocycles. The monoisotopic (exact) mass is 313 g/mol. The van der Waals surface area contributed by atoms with Gasteiger partial charge in [0.1, 0.15) is 11.1 Å². The molecule has 3 heteroatoms. The second-order valence-electron chi connectivity index (χ2n) is 5.08. The van der Waals surface area contributed by atoms with Crippen molar-refractivity contribution in [2.24, 2.45) is 0 Å². The molecule has 0 saturated heterocycles. The normalized spacial score (nSPS) is 10.7. The number of rotatable bonds is 7. The third-order valence-corrected chi connectivity index (χ3v) is 4.07. The highest BCUT2D eigenvalue weighted by Gasteiger charge is 2.16. The number of thiocarbonyl (C=S) groups is 1. The number of hydrogen-bond donors (Lipinski definition) is 0. The van der Waals surface area contributed by atoms with E-state index in [4.69, 9.17) is 17.0 Å². The molecular formula is C19H23NOS. The van der Waals surface area contributed by atoms with E-state index >= 15 is 0 Å². The number of likely N-dealkylation sites (N-methyl/N-ethyl adjacent to an activating group) is 1. The number of ether oxygens (including phenoxy) is 1. The lowest BCUT2D eigenvalue weighted by Crippen LogP contribution is -2.32. The van der Waals surface area contributed by atoms with Crippen LogP contribution in [0.4, 0.5) is 0 Å². The molecule has 0 aliphatic carbocycles. The maximum absolute atomic E-state index is 6.18. The minimum absolute atomic E-state index is 0.0871. The lowest BCUT2D eigenvalue weighted by atomic mass is 10.0. The average molecular weight is 313 g/mol. The zero-order valence-electron chi connectivity index (χ0n) is 13.2. The van der Waals surface area contributed by atoms with Gasteiger partial charge in [-0.2, -0.15) is 0 Å². The van der Waals surface area contributed by atoms with E-state index in [-0.39, 0.29) is 6.10 Å². The van der Waals surface area contributed by atoms with Crippen molar-refractivity contribution in [3.63, 3.8) is 0 Å². The smallest absolute Gasteiger partial charge is 0.108 e. The van der Waals surface area contributed by atoms with E-state index in [9.17, 15) is 0 Å². The third kappa shape index (κ3) is 4.39. The highest BCUT2D eigenvalue weighted by Crippen LogP contribution is 2.25. The Morgan fingerprint density at radius 1 is 0.909 bits per heavy atom. The summed E-state index contributed by atoms with van der Waals surface area (Å²) in [6.07, 6.45) is -0.0871. The molecule has 0 aliphatic rings. The molecular weight excluding hydrogens is 290 g/mol. The average Bonchev–Trinajstić information content (AvgIpc) is 2.58. The van der Waals surface area contributed by atoms with Crippen molar-refractivity contribution >= 4 is 17.2 Å². The summed E-state index contributed by atoms with van der Waals surface area (Å²) in [6.45, 7) is 6.52. The predicted molar refractivity (Wildman–Crippen MR) is 96.2 cm³/mol. The highest BCUT2D eigenvalue weighted by molar-refractivity contribution is 7.80. The maximum atomic E-state index is 6.18. The van der Waals surface area contributed by atoms with Gasteiger partial charge >= 0.3 is 0 Å². The van der Waals surface area contributed by atoms with Crippen LogP contribution in [-0.4, -0.2) is 29.6 Å². The van der Waals surface area contributed by atoms with Crippen LogP contribution in [0.1, 0.15) is 31.1 Å². The molecule has 0 bridgehead atoms. The van der Waals surface area contributed by atoms with Crippen LogP contribution in [0.2, 0.25) is 0 Å². The van der Waals surface area contributed by atoms with Gasteiger partial charge in [0.05, 0.1) is 6.61 Å². The number of hydrogen-bond acceptors (Lipinski definition) is 2. The van der Waals surface area contributed by atoms with Gasteiger partial charge in [-0.05, 0) is 25.0 Å². The molecule has 0 fully saturated rings. The van der Waals surface area contributed by atoms with E-state index in [2.05, 4.69) is 43.0 Å². The summed E-state index contributed by atoms with van der Waals surface area (Å²) in [7, 11) is 0. The quantitative estimate of drug-likeness (QED) is 0.700. The molecule has 0 amide bonds. The minimum Gasteiger partial charge on any atom is -0.365 e. The molecule has 0 heterocycles. The first kappa shape index (κ1) is 16.7. The van der Waals surface area contributed by atoms with Gasteiger partial charge in [-0.25, -0.2) is 0 Å². The zero-order chi connectivity index (χ0) is 15.8. The molecule has 116 valence electrons. The van der Waals surface area contributed by atoms with Crippen LogP contribution in [0, 0.1) is 0 Å². The first-order valence-electron chi connectivity index (χ1n) is 7.75. The second kappa shape index (κ2) is 8.66. The van der Waals surface area contributed by atoms with Gasteiger partial charge < -0.3 is 9.64 Å². The molecule has 0 unspecified atom stereocenters. The lowest BCUT2D eigenvalue weighted by Gasteiger charge is -2.24. The fourth-order valence-electron chi connectivity index (χ4n) is 2.46. The third-order valence-electron chi connectivity index (χ3n) is 3.69. The molecule has 0 atom stereocenters. The molecule has 2 rings (SSSR count). The van der Waals surface area contributed by atoms with Crippen molar-refractivity contribution in [3.8, 4) is 0 Å². The summed E-state index contributed by atoms with van der Waals surface area (Å²) in [5.74, 6) is 0. The lowest BCUT2D eigenvalue weighted by molar-refractivity contribution is 0.108. The van der Waals surface area contributed by atoms with E-state index in [0.29, 0.717) is 6.61 Å². The molecule has 0 spiro atoms. The van der Waals surface area contributed by atoms with Crippen LogP contribution < -0.4 is 0 Å². The molecule has 0 aromatic heterocycles. The number of nitrogens with zero attached hydrogens (tertiary/aromatic N) is 1. The van der Waals surface area contributed by atoms with Crippen LogP contribution in [0.15, 0.2) is 60.7 Å². The predicted octanol–water partition coefficient (Wildman–Crippen LogP) is 4.46. The molecule has 22 heavy (non-hydrogen) atoms. The summed E-state index contributed by atoms with van der Waals surface area (Å²) in [4.78, 5) is 3.02. The van der Waals surface area contributed by atoms with E-state index in [1.165, 1.54) is 0 Å². The van der Waals surface area contributed by atoms with Crippen molar-refractivity contribution in [3.05, 3.63) is 71.8 Å². The maximum Gasteiger partial charge on any atom is 0.108 e. The highest BCUT2D eigenvalue weighted by atomic mass is 32.1. The largest absolute Gasteiger partial charge is 0.365 e. The molecule has 0 radical (unpaired) electrons. The van der Waals surface area contributed by atoms with Gasteiger partial charge in [-0.15, -0.1) is 0 Å². The SMILES string of the molecule is CCN(CC)C(=S)COC(c1ccccc1)c1ccccc1. The number of benzene rings is 2. The van der Waals surface area contributed by atoms with Crippen molar-refractivity contribution in [2.45, 2.75) is 20.0 Å². The molecule has 2 aromatic carbocycles. The van der Waals surface area contributed by atoms with Crippen LogP contribution in [0.3, 0.4) is 0 Å². The zero-order valence-corrected chi connectivity index (χ0v) is 14.1. The van der Waals surface area contributed by atoms with E-state index in [0.717, 1.165) is 29.2 Å². The molecule has 0 saturated carbocycles. The summed E-state index contributed by atoms with van der Waals surface area (Å²) < 4.78 is 6.18. The fourth-order valence-corrected chi connectivity index (χ4v) is 2.79. The first-order chi connectivity index (χ1) is 10.8. The first-order valence-corrected chi connectivity index (χ1v) is 8.16. The summed E-state index contributed by atoms with van der Waals surface area (Å²) in [6, 6.07) is 20.6. The Bertz CT molecular complexity index is 527. The van der Waals surface area contributed by atoms with Crippen LogP contribution in [0.25, 0.3) is 0 Å². The summed E-state index contributed by atoms with van der Waals surface area (Å²) >= 11 is 5.49. The van der Waals surface area contributed by atoms with Crippen LogP contribution in [-0.2, 0) is 4.74 Å². The van der Waals surface area contributed by atoms with Gasteiger partial charge in [0.15, 0.2) is 0 Å². The van der Waals surface area contributed by atoms with Gasteiger partial charge in [0.2, 0.25) is 0 Å². The van der Waals surface area contributed by atoms with E-state index < -0.39 is 0 Å². The van der Waals surface area contributed by atoms with Gasteiger partial charge in [0, 0.05) is 13.1 Å². The van der Waals surface area contributed by atoms with Crippen molar-refractivity contribution in [2.75, 3.05) is 19.7 Å². The van der Waals surface area contributed by atoms with E-state index in [1.54, 1.807) is 0 Å². The van der Waals surface area contributed by atoms with Crippen molar-refractivity contribution in [1.29, 1.82) is 0 Å².